The molecule has 1 aliphatic carbocycles. The number of halogens is 3. The van der Waals surface area contributed by atoms with Crippen LogP contribution in [0.1, 0.15) is 51.2 Å². The van der Waals surface area contributed by atoms with Crippen LogP contribution in [0.5, 0.6) is 0 Å². The Hall–Kier alpha value is -2.63. The van der Waals surface area contributed by atoms with Gasteiger partial charge in [0.05, 0.1) is 17.3 Å². The number of rotatable bonds is 3. The van der Waals surface area contributed by atoms with Crippen LogP contribution in [0.3, 0.4) is 0 Å². The molecule has 2 spiro atoms. The summed E-state index contributed by atoms with van der Waals surface area (Å²) in [5, 5.41) is 8.07. The molecule has 3 saturated heterocycles. The summed E-state index contributed by atoms with van der Waals surface area (Å²) in [6.07, 6.45) is -0.0214. The third kappa shape index (κ3) is 3.80. The van der Waals surface area contributed by atoms with Gasteiger partial charge in [-0.1, -0.05) is 0 Å². The first-order valence-electron chi connectivity index (χ1n) is 12.1. The molecule has 0 atom stereocenters. The Morgan fingerprint density at radius 3 is 2.23 bits per heavy atom. The van der Waals surface area contributed by atoms with Crippen LogP contribution in [0, 0.1) is 10.8 Å². The SMILES string of the molecule is CC(C)(C)n1nccc1CN1CC2(C1)CN(C(=O)N1CC3(CC(n4cnc(C(F)(F)F)n4)C3)C1)C2. The minimum absolute atomic E-state index is 0.0243. The third-order valence-corrected chi connectivity index (χ3v) is 7.98. The molecule has 5 heterocycles. The maximum atomic E-state index is 12.9. The zero-order valence-corrected chi connectivity index (χ0v) is 20.3. The molecule has 0 N–H and O–H groups in total. The van der Waals surface area contributed by atoms with Gasteiger partial charge in [-0.05, 0) is 39.7 Å². The Kier molecular flexibility index (Phi) is 4.70. The summed E-state index contributed by atoms with van der Waals surface area (Å²) in [5.41, 5.74) is 1.41. The van der Waals surface area contributed by atoms with E-state index in [2.05, 4.69) is 51.6 Å². The number of carbonyl (C=O) groups is 1. The van der Waals surface area contributed by atoms with Gasteiger partial charge in [-0.25, -0.2) is 14.5 Å². The highest BCUT2D eigenvalue weighted by molar-refractivity contribution is 5.77. The van der Waals surface area contributed by atoms with E-state index in [1.807, 2.05) is 16.0 Å². The summed E-state index contributed by atoms with van der Waals surface area (Å²) in [5.74, 6) is -1.09. The Labute approximate surface area is 201 Å². The largest absolute Gasteiger partial charge is 0.453 e. The topological polar surface area (TPSA) is 75.3 Å². The summed E-state index contributed by atoms with van der Waals surface area (Å²) in [4.78, 5) is 22.5. The Morgan fingerprint density at radius 2 is 1.66 bits per heavy atom. The quantitative estimate of drug-likeness (QED) is 0.659. The Balaban J connectivity index is 0.939. The molecular formula is C23H31F3N8O. The lowest BCUT2D eigenvalue weighted by Crippen LogP contribution is -2.75. The zero-order valence-electron chi connectivity index (χ0n) is 20.3. The minimum atomic E-state index is -4.52. The number of hydrogen-bond acceptors (Lipinski definition) is 5. The third-order valence-electron chi connectivity index (χ3n) is 7.98. The lowest BCUT2D eigenvalue weighted by Gasteiger charge is -2.63. The number of carbonyl (C=O) groups excluding carboxylic acids is 1. The van der Waals surface area contributed by atoms with Crippen LogP contribution in [0.25, 0.3) is 0 Å². The highest BCUT2D eigenvalue weighted by atomic mass is 19.4. The number of aromatic nitrogens is 5. The van der Waals surface area contributed by atoms with Crippen LogP contribution in [0.4, 0.5) is 18.0 Å². The van der Waals surface area contributed by atoms with Gasteiger partial charge in [0.1, 0.15) is 6.33 Å². The van der Waals surface area contributed by atoms with Crippen molar-refractivity contribution < 1.29 is 18.0 Å². The molecule has 35 heavy (non-hydrogen) atoms. The summed E-state index contributed by atoms with van der Waals surface area (Å²) in [6, 6.07) is 2.10. The second-order valence-electron chi connectivity index (χ2n) is 12.2. The van der Waals surface area contributed by atoms with Crippen LogP contribution in [0.15, 0.2) is 18.6 Å². The average Bonchev–Trinajstić information content (AvgIpc) is 3.28. The number of urea groups is 1. The van der Waals surface area contributed by atoms with Gasteiger partial charge in [0.2, 0.25) is 0 Å². The number of alkyl halides is 3. The molecule has 0 unspecified atom stereocenters. The van der Waals surface area contributed by atoms with Gasteiger partial charge in [0.25, 0.3) is 5.82 Å². The molecule has 4 aliphatic rings. The van der Waals surface area contributed by atoms with Crippen molar-refractivity contribution in [3.8, 4) is 0 Å². The van der Waals surface area contributed by atoms with Gasteiger partial charge >= 0.3 is 12.2 Å². The second-order valence-corrected chi connectivity index (χ2v) is 12.2. The van der Waals surface area contributed by atoms with Gasteiger partial charge in [-0.2, -0.15) is 18.3 Å². The second kappa shape index (κ2) is 7.21. The van der Waals surface area contributed by atoms with Gasteiger partial charge in [0.15, 0.2) is 0 Å². The predicted molar refractivity (Wildman–Crippen MR) is 119 cm³/mol. The molecule has 12 heteroatoms. The van der Waals surface area contributed by atoms with E-state index in [4.69, 9.17) is 0 Å². The summed E-state index contributed by atoms with van der Waals surface area (Å²) < 4.78 is 41.6. The van der Waals surface area contributed by atoms with E-state index in [-0.39, 0.29) is 28.4 Å². The van der Waals surface area contributed by atoms with Crippen molar-refractivity contribution in [1.29, 1.82) is 0 Å². The molecule has 4 fully saturated rings. The fourth-order valence-corrected chi connectivity index (χ4v) is 6.46. The van der Waals surface area contributed by atoms with Crippen molar-refractivity contribution in [1.82, 2.24) is 39.2 Å². The molecule has 190 valence electrons. The first kappa shape index (κ1) is 22.8. The molecule has 0 radical (unpaired) electrons. The lowest BCUT2D eigenvalue weighted by molar-refractivity contribution is -0.145. The maximum absolute atomic E-state index is 12.9. The fraction of sp³-hybridized carbons (Fsp3) is 0.739. The lowest BCUT2D eigenvalue weighted by atomic mass is 9.60. The highest BCUT2D eigenvalue weighted by Gasteiger charge is 2.58. The molecule has 0 aromatic carbocycles. The zero-order chi connectivity index (χ0) is 24.8. The summed E-state index contributed by atoms with van der Waals surface area (Å²) >= 11 is 0. The van der Waals surface area contributed by atoms with E-state index in [1.54, 1.807) is 0 Å². The summed E-state index contributed by atoms with van der Waals surface area (Å²) in [6.45, 7) is 12.3. The van der Waals surface area contributed by atoms with Gasteiger partial charge in [0, 0.05) is 62.8 Å². The predicted octanol–water partition coefficient (Wildman–Crippen LogP) is 2.82. The maximum Gasteiger partial charge on any atom is 0.453 e. The first-order valence-corrected chi connectivity index (χ1v) is 12.1. The molecule has 2 amide bonds. The standard InChI is InChI=1S/C23H31F3N8O/c1-20(2,3)34-16(4-5-28-34)8-30-9-22(10-30)13-32(14-22)19(35)31-11-21(12-31)6-17(7-21)33-15-27-18(29-33)23(24,25)26/h4-5,15,17H,6-14H2,1-3H3. The normalized spacial score (nSPS) is 23.7. The molecular weight excluding hydrogens is 461 g/mol. The van der Waals surface area contributed by atoms with Crippen molar-refractivity contribution in [3.63, 3.8) is 0 Å². The van der Waals surface area contributed by atoms with Crippen molar-refractivity contribution >= 4 is 6.03 Å². The van der Waals surface area contributed by atoms with Gasteiger partial charge in [-0.15, -0.1) is 5.10 Å². The molecule has 6 rings (SSSR count). The van der Waals surface area contributed by atoms with E-state index >= 15 is 0 Å². The Bertz CT molecular complexity index is 1120. The van der Waals surface area contributed by atoms with Crippen molar-refractivity contribution in [2.45, 2.75) is 57.9 Å². The number of nitrogens with zero attached hydrogens (tertiary/aromatic N) is 8. The van der Waals surface area contributed by atoms with Gasteiger partial charge < -0.3 is 9.80 Å². The first-order chi connectivity index (χ1) is 16.3. The van der Waals surface area contributed by atoms with Crippen molar-refractivity contribution in [2.75, 3.05) is 39.3 Å². The van der Waals surface area contributed by atoms with Crippen LogP contribution in [-0.4, -0.2) is 84.5 Å². The van der Waals surface area contributed by atoms with E-state index in [0.29, 0.717) is 13.1 Å². The van der Waals surface area contributed by atoms with Gasteiger partial charge in [-0.3, -0.25) is 9.58 Å². The number of hydrogen-bond donors (Lipinski definition) is 0. The van der Waals surface area contributed by atoms with Crippen LogP contribution < -0.4 is 0 Å². The highest BCUT2D eigenvalue weighted by Crippen LogP contribution is 2.54. The molecule has 3 aliphatic heterocycles. The molecule has 1 saturated carbocycles. The van der Waals surface area contributed by atoms with E-state index < -0.39 is 12.0 Å². The molecule has 2 aromatic heterocycles. The number of likely N-dealkylation sites (tertiary alicyclic amines) is 3. The summed E-state index contributed by atoms with van der Waals surface area (Å²) in [7, 11) is 0. The molecule has 9 nitrogen and oxygen atoms in total. The minimum Gasteiger partial charge on any atom is -0.323 e. The molecule has 2 aromatic rings. The van der Waals surface area contributed by atoms with Crippen molar-refractivity contribution in [2.24, 2.45) is 10.8 Å². The number of amides is 2. The fourth-order valence-electron chi connectivity index (χ4n) is 6.46. The van der Waals surface area contributed by atoms with Crippen molar-refractivity contribution in [3.05, 3.63) is 30.1 Å². The molecule has 0 bridgehead atoms. The van der Waals surface area contributed by atoms with E-state index in [1.165, 1.54) is 16.7 Å². The Morgan fingerprint density at radius 1 is 1.03 bits per heavy atom. The smallest absolute Gasteiger partial charge is 0.323 e. The van der Waals surface area contributed by atoms with Crippen LogP contribution in [0.2, 0.25) is 0 Å². The van der Waals surface area contributed by atoms with Crippen LogP contribution >= 0.6 is 0 Å². The van der Waals surface area contributed by atoms with Crippen LogP contribution in [-0.2, 0) is 18.3 Å². The monoisotopic (exact) mass is 492 g/mol. The van der Waals surface area contributed by atoms with E-state index in [0.717, 1.165) is 45.6 Å². The van der Waals surface area contributed by atoms with E-state index in [9.17, 15) is 18.0 Å². The average molecular weight is 493 g/mol.